The van der Waals surface area contributed by atoms with Crippen molar-refractivity contribution in [3.05, 3.63) is 52.8 Å². The molecule has 2 aromatic carbocycles. The van der Waals surface area contributed by atoms with Crippen LogP contribution >= 0.6 is 11.6 Å². The Kier molecular flexibility index (Phi) is 4.99. The molecule has 0 atom stereocenters. The van der Waals surface area contributed by atoms with Gasteiger partial charge in [0.15, 0.2) is 11.6 Å². The predicted molar refractivity (Wildman–Crippen MR) is 80.8 cm³/mol. The molecule has 0 aliphatic heterocycles. The second-order valence-corrected chi connectivity index (χ2v) is 4.84. The van der Waals surface area contributed by atoms with Crippen LogP contribution in [0.2, 0.25) is 5.02 Å². The molecule has 2 rings (SSSR count). The second-order valence-electron chi connectivity index (χ2n) is 4.44. The fourth-order valence-corrected chi connectivity index (χ4v) is 2.22. The minimum Gasteiger partial charge on any atom is -0.494 e. The van der Waals surface area contributed by atoms with Gasteiger partial charge in [-0.15, -0.1) is 0 Å². The molecule has 0 fully saturated rings. The van der Waals surface area contributed by atoms with Crippen LogP contribution in [-0.2, 0) is 6.54 Å². The van der Waals surface area contributed by atoms with E-state index in [-0.39, 0.29) is 11.6 Å². The zero-order chi connectivity index (χ0) is 14.5. The summed E-state index contributed by atoms with van der Waals surface area (Å²) in [6.07, 6.45) is 0. The van der Waals surface area contributed by atoms with Gasteiger partial charge < -0.3 is 10.1 Å². The fourth-order valence-electron chi connectivity index (χ4n) is 1.98. The first-order valence-corrected chi connectivity index (χ1v) is 6.86. The SMILES string of the molecule is CCNCc1ccc(-c2ccc(OC)c(F)c2)cc1Cl. The molecule has 0 amide bonds. The van der Waals surface area contributed by atoms with Crippen molar-refractivity contribution in [3.8, 4) is 16.9 Å². The molecule has 106 valence electrons. The van der Waals surface area contributed by atoms with E-state index in [0.717, 1.165) is 29.8 Å². The van der Waals surface area contributed by atoms with E-state index in [4.69, 9.17) is 16.3 Å². The predicted octanol–water partition coefficient (Wildman–Crippen LogP) is 4.26. The average Bonchev–Trinajstić information content (AvgIpc) is 2.46. The third kappa shape index (κ3) is 3.30. The van der Waals surface area contributed by atoms with Gasteiger partial charge in [0.25, 0.3) is 0 Å². The highest BCUT2D eigenvalue weighted by Crippen LogP contribution is 2.28. The largest absolute Gasteiger partial charge is 0.494 e. The van der Waals surface area contributed by atoms with Gasteiger partial charge in [0, 0.05) is 11.6 Å². The molecule has 0 heterocycles. The van der Waals surface area contributed by atoms with Crippen molar-refractivity contribution in [1.29, 1.82) is 0 Å². The van der Waals surface area contributed by atoms with Gasteiger partial charge in [-0.2, -0.15) is 0 Å². The monoisotopic (exact) mass is 293 g/mol. The summed E-state index contributed by atoms with van der Waals surface area (Å²) in [7, 11) is 1.45. The van der Waals surface area contributed by atoms with Crippen LogP contribution in [0.5, 0.6) is 5.75 Å². The number of rotatable bonds is 5. The van der Waals surface area contributed by atoms with Gasteiger partial charge >= 0.3 is 0 Å². The molecule has 0 saturated carbocycles. The Labute approximate surface area is 123 Å². The van der Waals surface area contributed by atoms with Crippen LogP contribution in [0.1, 0.15) is 12.5 Å². The molecule has 2 nitrogen and oxygen atoms in total. The maximum absolute atomic E-state index is 13.7. The van der Waals surface area contributed by atoms with Gasteiger partial charge in [0.1, 0.15) is 0 Å². The standard InChI is InChI=1S/C16H17ClFNO/c1-3-19-10-13-5-4-11(8-14(13)17)12-6-7-16(20-2)15(18)9-12/h4-9,19H,3,10H2,1-2H3. The lowest BCUT2D eigenvalue weighted by atomic mass is 10.0. The van der Waals surface area contributed by atoms with Crippen molar-refractivity contribution >= 4 is 11.6 Å². The number of hydrogen-bond acceptors (Lipinski definition) is 2. The van der Waals surface area contributed by atoms with Crippen LogP contribution in [0.25, 0.3) is 11.1 Å². The van der Waals surface area contributed by atoms with E-state index >= 15 is 0 Å². The minimum atomic E-state index is -0.377. The van der Waals surface area contributed by atoms with Gasteiger partial charge in [-0.1, -0.05) is 36.7 Å². The third-order valence-corrected chi connectivity index (χ3v) is 3.46. The molecule has 0 unspecified atom stereocenters. The Bertz CT molecular complexity index is 601. The van der Waals surface area contributed by atoms with Crippen LogP contribution in [0.15, 0.2) is 36.4 Å². The van der Waals surface area contributed by atoms with Gasteiger partial charge in [0.2, 0.25) is 0 Å². The molecule has 0 aliphatic rings. The quantitative estimate of drug-likeness (QED) is 0.889. The smallest absolute Gasteiger partial charge is 0.165 e. The molecule has 0 aliphatic carbocycles. The van der Waals surface area contributed by atoms with Gasteiger partial charge in [-0.05, 0) is 41.4 Å². The Morgan fingerprint density at radius 3 is 2.45 bits per heavy atom. The number of benzene rings is 2. The highest BCUT2D eigenvalue weighted by atomic mass is 35.5. The molecule has 0 bridgehead atoms. The van der Waals surface area contributed by atoms with Gasteiger partial charge in [-0.25, -0.2) is 4.39 Å². The summed E-state index contributed by atoms with van der Waals surface area (Å²) in [6, 6.07) is 10.6. The molecule has 0 saturated heterocycles. The van der Waals surface area contributed by atoms with Crippen molar-refractivity contribution in [2.75, 3.05) is 13.7 Å². The van der Waals surface area contributed by atoms with Crippen LogP contribution < -0.4 is 10.1 Å². The number of halogens is 2. The molecule has 0 radical (unpaired) electrons. The third-order valence-electron chi connectivity index (χ3n) is 3.10. The van der Waals surface area contributed by atoms with Crippen molar-refractivity contribution in [1.82, 2.24) is 5.32 Å². The highest BCUT2D eigenvalue weighted by Gasteiger charge is 2.07. The van der Waals surface area contributed by atoms with E-state index in [0.29, 0.717) is 5.02 Å². The van der Waals surface area contributed by atoms with Crippen LogP contribution in [0.3, 0.4) is 0 Å². The van der Waals surface area contributed by atoms with Crippen molar-refractivity contribution < 1.29 is 9.13 Å². The molecule has 2 aromatic rings. The van der Waals surface area contributed by atoms with Crippen LogP contribution in [0.4, 0.5) is 4.39 Å². The summed E-state index contributed by atoms with van der Waals surface area (Å²) < 4.78 is 18.6. The van der Waals surface area contributed by atoms with Crippen molar-refractivity contribution in [2.24, 2.45) is 0 Å². The molecular weight excluding hydrogens is 277 g/mol. The van der Waals surface area contributed by atoms with Gasteiger partial charge in [0.05, 0.1) is 7.11 Å². The first-order valence-electron chi connectivity index (χ1n) is 6.48. The Morgan fingerprint density at radius 2 is 1.85 bits per heavy atom. The molecule has 0 aromatic heterocycles. The number of hydrogen-bond donors (Lipinski definition) is 1. The molecular formula is C16H17ClFNO. The lowest BCUT2D eigenvalue weighted by molar-refractivity contribution is 0.386. The summed E-state index contributed by atoms with van der Waals surface area (Å²) >= 11 is 6.25. The number of ether oxygens (including phenoxy) is 1. The zero-order valence-corrected chi connectivity index (χ0v) is 12.3. The second kappa shape index (κ2) is 6.73. The van der Waals surface area contributed by atoms with E-state index in [9.17, 15) is 4.39 Å². The highest BCUT2D eigenvalue weighted by molar-refractivity contribution is 6.31. The van der Waals surface area contributed by atoms with Crippen LogP contribution in [-0.4, -0.2) is 13.7 Å². The summed E-state index contributed by atoms with van der Waals surface area (Å²) in [4.78, 5) is 0. The maximum atomic E-state index is 13.7. The van der Waals surface area contributed by atoms with E-state index in [1.54, 1.807) is 6.07 Å². The van der Waals surface area contributed by atoms with Gasteiger partial charge in [-0.3, -0.25) is 0 Å². The van der Waals surface area contributed by atoms with E-state index in [2.05, 4.69) is 5.32 Å². The minimum absolute atomic E-state index is 0.239. The van der Waals surface area contributed by atoms with Crippen LogP contribution in [0, 0.1) is 5.82 Å². The zero-order valence-electron chi connectivity index (χ0n) is 11.5. The normalized spacial score (nSPS) is 10.6. The average molecular weight is 294 g/mol. The molecule has 20 heavy (non-hydrogen) atoms. The summed E-state index contributed by atoms with van der Waals surface area (Å²) in [6.45, 7) is 3.66. The lowest BCUT2D eigenvalue weighted by Crippen LogP contribution is -2.11. The fraction of sp³-hybridized carbons (Fsp3) is 0.250. The summed E-state index contributed by atoms with van der Waals surface area (Å²) in [5.74, 6) is -0.138. The number of nitrogens with one attached hydrogen (secondary N) is 1. The summed E-state index contributed by atoms with van der Waals surface area (Å²) in [5.41, 5.74) is 2.70. The van der Waals surface area contributed by atoms with E-state index < -0.39 is 0 Å². The molecule has 1 N–H and O–H groups in total. The summed E-state index contributed by atoms with van der Waals surface area (Å²) in [5, 5.41) is 3.91. The van der Waals surface area contributed by atoms with Crippen molar-refractivity contribution in [3.63, 3.8) is 0 Å². The Balaban J connectivity index is 2.29. The van der Waals surface area contributed by atoms with E-state index in [1.165, 1.54) is 13.2 Å². The Hall–Kier alpha value is -1.58. The molecule has 4 heteroatoms. The first kappa shape index (κ1) is 14.8. The Morgan fingerprint density at radius 1 is 1.15 bits per heavy atom. The lowest BCUT2D eigenvalue weighted by Gasteiger charge is -2.09. The van der Waals surface area contributed by atoms with E-state index in [1.807, 2.05) is 31.2 Å². The first-order chi connectivity index (χ1) is 9.65. The maximum Gasteiger partial charge on any atom is 0.165 e. The van der Waals surface area contributed by atoms with Crippen molar-refractivity contribution in [2.45, 2.75) is 13.5 Å². The molecule has 0 spiro atoms. The number of methoxy groups -OCH3 is 1. The topological polar surface area (TPSA) is 21.3 Å².